The lowest BCUT2D eigenvalue weighted by Crippen LogP contribution is -2.35. The maximum Gasteiger partial charge on any atom is 0.234 e. The van der Waals surface area contributed by atoms with E-state index in [1.54, 1.807) is 0 Å². The molecule has 0 atom stereocenters. The summed E-state index contributed by atoms with van der Waals surface area (Å²) in [6.07, 6.45) is 6.96. The molecule has 1 aliphatic carbocycles. The summed E-state index contributed by atoms with van der Waals surface area (Å²) in [5.74, 6) is 1.25. The average molecular weight is 286 g/mol. The molecule has 0 spiro atoms. The van der Waals surface area contributed by atoms with E-state index in [2.05, 4.69) is 15.1 Å². The van der Waals surface area contributed by atoms with Crippen molar-refractivity contribution >= 4 is 0 Å². The van der Waals surface area contributed by atoms with E-state index in [4.69, 9.17) is 10.3 Å². The molecule has 0 amide bonds. The van der Waals surface area contributed by atoms with Crippen molar-refractivity contribution in [2.75, 3.05) is 6.54 Å². The van der Waals surface area contributed by atoms with Gasteiger partial charge in [0.2, 0.25) is 11.7 Å². The summed E-state index contributed by atoms with van der Waals surface area (Å²) >= 11 is 0. The number of aromatic nitrogens is 3. The van der Waals surface area contributed by atoms with Crippen LogP contribution < -0.4 is 5.73 Å². The van der Waals surface area contributed by atoms with Gasteiger partial charge in [-0.05, 0) is 31.9 Å². The van der Waals surface area contributed by atoms with Crippen molar-refractivity contribution in [1.82, 2.24) is 15.1 Å². The smallest absolute Gasteiger partial charge is 0.234 e. The third kappa shape index (κ3) is 2.83. The monoisotopic (exact) mass is 286 g/mol. The van der Waals surface area contributed by atoms with Crippen molar-refractivity contribution in [2.45, 2.75) is 50.9 Å². The van der Waals surface area contributed by atoms with Crippen molar-refractivity contribution in [3.63, 3.8) is 0 Å². The van der Waals surface area contributed by atoms with E-state index in [0.717, 1.165) is 24.2 Å². The van der Waals surface area contributed by atoms with Crippen molar-refractivity contribution in [2.24, 2.45) is 5.73 Å². The Labute approximate surface area is 125 Å². The van der Waals surface area contributed by atoms with Gasteiger partial charge in [0, 0.05) is 12.2 Å². The Morgan fingerprint density at radius 2 is 1.90 bits per heavy atom. The first-order valence-electron chi connectivity index (χ1n) is 7.72. The Bertz CT molecular complexity index is 600. The highest BCUT2D eigenvalue weighted by Crippen LogP contribution is 2.37. The van der Waals surface area contributed by atoms with Crippen LogP contribution in [-0.2, 0) is 5.41 Å². The first-order valence-corrected chi connectivity index (χ1v) is 7.72. The van der Waals surface area contributed by atoms with E-state index in [0.29, 0.717) is 18.3 Å². The van der Waals surface area contributed by atoms with E-state index in [1.165, 1.54) is 25.7 Å². The molecule has 2 heterocycles. The van der Waals surface area contributed by atoms with Crippen LogP contribution in [0.25, 0.3) is 11.5 Å². The molecule has 5 heteroatoms. The number of aryl methyl sites for hydroxylation is 1. The Balaban J connectivity index is 1.92. The van der Waals surface area contributed by atoms with E-state index in [9.17, 15) is 0 Å². The van der Waals surface area contributed by atoms with Gasteiger partial charge in [0.05, 0.1) is 5.41 Å². The number of hydrogen-bond acceptors (Lipinski definition) is 5. The maximum absolute atomic E-state index is 6.07. The molecule has 1 aliphatic rings. The topological polar surface area (TPSA) is 77.8 Å². The molecule has 0 aromatic carbocycles. The first kappa shape index (κ1) is 14.2. The van der Waals surface area contributed by atoms with Crippen LogP contribution in [0, 0.1) is 6.92 Å². The summed E-state index contributed by atoms with van der Waals surface area (Å²) < 4.78 is 5.57. The number of rotatable bonds is 3. The predicted octanol–water partition coefficient (Wildman–Crippen LogP) is 2.99. The highest BCUT2D eigenvalue weighted by Gasteiger charge is 2.37. The Morgan fingerprint density at radius 1 is 1.14 bits per heavy atom. The molecule has 2 N–H and O–H groups in total. The molecule has 0 unspecified atom stereocenters. The average Bonchev–Trinajstić information content (AvgIpc) is 2.87. The Kier molecular flexibility index (Phi) is 4.01. The molecular weight excluding hydrogens is 264 g/mol. The van der Waals surface area contributed by atoms with Gasteiger partial charge in [-0.15, -0.1) is 0 Å². The second-order valence-corrected chi connectivity index (χ2v) is 5.99. The molecule has 2 aromatic rings. The third-order valence-corrected chi connectivity index (χ3v) is 4.45. The van der Waals surface area contributed by atoms with Crippen LogP contribution in [0.4, 0.5) is 0 Å². The molecule has 1 fully saturated rings. The van der Waals surface area contributed by atoms with E-state index < -0.39 is 0 Å². The first-order chi connectivity index (χ1) is 10.2. The molecule has 0 aliphatic heterocycles. The zero-order valence-electron chi connectivity index (χ0n) is 12.5. The third-order valence-electron chi connectivity index (χ3n) is 4.45. The summed E-state index contributed by atoms with van der Waals surface area (Å²) in [6.45, 7) is 2.52. The fourth-order valence-corrected chi connectivity index (χ4v) is 3.12. The summed E-state index contributed by atoms with van der Waals surface area (Å²) in [5.41, 5.74) is 7.62. The molecule has 0 saturated heterocycles. The predicted molar refractivity (Wildman–Crippen MR) is 80.7 cm³/mol. The lowest BCUT2D eigenvalue weighted by atomic mass is 9.80. The fourth-order valence-electron chi connectivity index (χ4n) is 3.12. The van der Waals surface area contributed by atoms with Crippen LogP contribution >= 0.6 is 0 Å². The number of nitrogens with zero attached hydrogens (tertiary/aromatic N) is 3. The van der Waals surface area contributed by atoms with Crippen molar-refractivity contribution in [1.29, 1.82) is 0 Å². The minimum absolute atomic E-state index is 0.147. The molecule has 0 bridgehead atoms. The van der Waals surface area contributed by atoms with Gasteiger partial charge < -0.3 is 10.3 Å². The van der Waals surface area contributed by atoms with Gasteiger partial charge in [-0.1, -0.05) is 36.9 Å². The zero-order valence-corrected chi connectivity index (χ0v) is 12.5. The minimum atomic E-state index is -0.147. The Hall–Kier alpha value is -1.75. The summed E-state index contributed by atoms with van der Waals surface area (Å²) in [5, 5.41) is 4.12. The van der Waals surface area contributed by atoms with Gasteiger partial charge in [-0.25, -0.2) is 4.98 Å². The number of nitrogens with two attached hydrogens (primary N) is 1. The SMILES string of the molecule is Cc1cccc(-c2noc(C3(CN)CCCCCC3)n2)n1. The van der Waals surface area contributed by atoms with Crippen LogP contribution in [-0.4, -0.2) is 21.7 Å². The van der Waals surface area contributed by atoms with Gasteiger partial charge in [0.25, 0.3) is 0 Å². The number of pyridine rings is 1. The van der Waals surface area contributed by atoms with E-state index in [1.807, 2.05) is 25.1 Å². The molecule has 3 rings (SSSR count). The highest BCUT2D eigenvalue weighted by atomic mass is 16.5. The quantitative estimate of drug-likeness (QED) is 0.878. The van der Waals surface area contributed by atoms with E-state index >= 15 is 0 Å². The largest absolute Gasteiger partial charge is 0.338 e. The summed E-state index contributed by atoms with van der Waals surface area (Å²) in [7, 11) is 0. The molecule has 5 nitrogen and oxygen atoms in total. The lowest BCUT2D eigenvalue weighted by molar-refractivity contribution is 0.257. The van der Waals surface area contributed by atoms with Crippen LogP contribution in [0.2, 0.25) is 0 Å². The molecule has 21 heavy (non-hydrogen) atoms. The van der Waals surface area contributed by atoms with Crippen LogP contribution in [0.1, 0.15) is 50.1 Å². The lowest BCUT2D eigenvalue weighted by Gasteiger charge is -2.26. The highest BCUT2D eigenvalue weighted by molar-refractivity contribution is 5.48. The molecule has 112 valence electrons. The summed E-state index contributed by atoms with van der Waals surface area (Å²) in [4.78, 5) is 9.06. The van der Waals surface area contributed by atoms with Crippen LogP contribution in [0.5, 0.6) is 0 Å². The van der Waals surface area contributed by atoms with Gasteiger partial charge in [-0.2, -0.15) is 4.98 Å². The standard InChI is InChI=1S/C16H22N4O/c1-12-7-6-8-13(18-12)14-19-15(21-20-14)16(11-17)9-4-2-3-5-10-16/h6-8H,2-5,9-11,17H2,1H3. The normalized spacial score (nSPS) is 18.4. The van der Waals surface area contributed by atoms with Gasteiger partial charge in [-0.3, -0.25) is 0 Å². The minimum Gasteiger partial charge on any atom is -0.338 e. The fraction of sp³-hybridized carbons (Fsp3) is 0.562. The zero-order chi connectivity index (χ0) is 14.7. The van der Waals surface area contributed by atoms with Crippen LogP contribution in [0.3, 0.4) is 0 Å². The molecule has 2 aromatic heterocycles. The van der Waals surface area contributed by atoms with E-state index in [-0.39, 0.29) is 5.41 Å². The summed E-state index contributed by atoms with van der Waals surface area (Å²) in [6, 6.07) is 5.82. The van der Waals surface area contributed by atoms with Gasteiger partial charge in [0.1, 0.15) is 5.69 Å². The Morgan fingerprint density at radius 3 is 2.57 bits per heavy atom. The van der Waals surface area contributed by atoms with Crippen molar-refractivity contribution < 1.29 is 4.52 Å². The second-order valence-electron chi connectivity index (χ2n) is 5.99. The number of hydrogen-bond donors (Lipinski definition) is 1. The second kappa shape index (κ2) is 5.93. The molecule has 1 saturated carbocycles. The van der Waals surface area contributed by atoms with Crippen molar-refractivity contribution in [3.8, 4) is 11.5 Å². The molecular formula is C16H22N4O. The van der Waals surface area contributed by atoms with Gasteiger partial charge >= 0.3 is 0 Å². The van der Waals surface area contributed by atoms with Crippen LogP contribution in [0.15, 0.2) is 22.7 Å². The van der Waals surface area contributed by atoms with Gasteiger partial charge in [0.15, 0.2) is 0 Å². The molecule has 0 radical (unpaired) electrons. The van der Waals surface area contributed by atoms with Crippen molar-refractivity contribution in [3.05, 3.63) is 29.8 Å². The maximum atomic E-state index is 6.07.